The monoisotopic (exact) mass is 966 g/mol. The van der Waals surface area contributed by atoms with E-state index in [0.717, 1.165) is 45.0 Å². The average Bonchev–Trinajstić information content (AvgIpc) is 1.78. The van der Waals surface area contributed by atoms with Gasteiger partial charge in [-0.15, -0.1) is 0 Å². The molecule has 4 aliphatic heterocycles. The molecule has 0 unspecified atom stereocenters. The number of fused-ring (bicyclic) bond motifs is 5. The summed E-state index contributed by atoms with van der Waals surface area (Å²) in [4.78, 5) is 9.34. The molecular weight excluding hydrogens is 893 g/mol. The number of rotatable bonds is 5. The van der Waals surface area contributed by atoms with Crippen LogP contribution in [0.4, 0.5) is 22.7 Å². The van der Waals surface area contributed by atoms with Crippen LogP contribution in [-0.4, -0.2) is 16.2 Å². The fraction of sp³-hybridized carbons (Fsp3) is 0.209. The van der Waals surface area contributed by atoms with E-state index in [9.17, 15) is 6.85 Å². The third-order valence-electron chi connectivity index (χ3n) is 13.6. The number of aromatic nitrogens is 2. The Labute approximate surface area is 445 Å². The summed E-state index contributed by atoms with van der Waals surface area (Å²) in [7, 11) is 0. The van der Waals surface area contributed by atoms with Gasteiger partial charge >= 0.3 is 0 Å². The quantitative estimate of drug-likeness (QED) is 0.172. The summed E-state index contributed by atoms with van der Waals surface area (Å²) in [6, 6.07) is 45.7. The van der Waals surface area contributed by atoms with Crippen molar-refractivity contribution >= 4 is 44.6 Å². The Hall–Kier alpha value is -8.09. The molecule has 73 heavy (non-hydrogen) atoms. The molecule has 6 nitrogen and oxygen atoms in total. The lowest BCUT2D eigenvalue weighted by molar-refractivity contribution is 0.483. The van der Waals surface area contributed by atoms with E-state index in [2.05, 4.69) is 48.8 Å². The first-order chi connectivity index (χ1) is 39.7. The standard InChI is InChI=1S/C67H62N4O2/c1-42(2)30-45-33-48(37-49(34-45)67(6,7)8)58-36-46(31-43(3)4)35-57-47-24-26-51(27-25-47)73-64-23-14-10-19-56(64)59-40-68-65(32-44(59)5)71-60-20-11-9-18-54(60)55-29-28-53(39-63(55)71)72-52-17-15-16-50(38-52)69-41-70(66(57)58)62-22-13-12-21-61(62)69/h9-29,32-40,42-43H,30-31,41H2,1-8H3/i5D3,9D,11D,18D,20D,30D2,31D2. The van der Waals surface area contributed by atoms with E-state index in [1.165, 1.54) is 12.3 Å². The third-order valence-corrected chi connectivity index (χ3v) is 13.6. The zero-order valence-corrected chi connectivity index (χ0v) is 42.0. The number of hydrogen-bond acceptors (Lipinski definition) is 5. The van der Waals surface area contributed by atoms with Crippen LogP contribution in [0.2, 0.25) is 0 Å². The smallest absolute Gasteiger partial charge is 0.137 e. The van der Waals surface area contributed by atoms with E-state index in [1.54, 1.807) is 47.0 Å². The molecule has 0 spiro atoms. The van der Waals surface area contributed by atoms with Crippen molar-refractivity contribution < 1.29 is 24.6 Å². The molecule has 6 heterocycles. The number of nitrogens with zero attached hydrogens (tertiary/aromatic N) is 4. The van der Waals surface area contributed by atoms with E-state index in [1.807, 2.05) is 113 Å². The van der Waals surface area contributed by atoms with Gasteiger partial charge in [-0.3, -0.25) is 4.57 Å². The van der Waals surface area contributed by atoms with Crippen LogP contribution in [0.1, 0.15) is 85.8 Å². The number of aryl methyl sites for hydroxylation is 1. The van der Waals surface area contributed by atoms with Crippen molar-refractivity contribution in [2.75, 3.05) is 16.5 Å². The van der Waals surface area contributed by atoms with Crippen molar-refractivity contribution in [3.05, 3.63) is 204 Å². The summed E-state index contributed by atoms with van der Waals surface area (Å²) in [5.74, 6) is 0.949. The van der Waals surface area contributed by atoms with Crippen molar-refractivity contribution in [1.29, 1.82) is 0 Å². The van der Waals surface area contributed by atoms with Gasteiger partial charge in [-0.05, 0) is 149 Å². The average molecular weight is 966 g/mol. The molecular formula is C67H62N4O2. The first-order valence-electron chi connectivity index (χ1n) is 30.4. The molecule has 10 bridgehead atoms. The molecule has 362 valence electrons. The van der Waals surface area contributed by atoms with Crippen LogP contribution < -0.4 is 19.3 Å². The largest absolute Gasteiger partial charge is 0.457 e. The van der Waals surface area contributed by atoms with E-state index in [4.69, 9.17) is 22.7 Å². The molecule has 0 atom stereocenters. The summed E-state index contributed by atoms with van der Waals surface area (Å²) in [6.07, 6.45) is -2.06. The fourth-order valence-corrected chi connectivity index (χ4v) is 10.3. The Morgan fingerprint density at radius 1 is 0.603 bits per heavy atom. The molecule has 0 amide bonds. The number of pyridine rings is 1. The molecule has 0 radical (unpaired) electrons. The van der Waals surface area contributed by atoms with Gasteiger partial charge in [0, 0.05) is 66.6 Å². The van der Waals surface area contributed by atoms with E-state index in [-0.39, 0.29) is 45.9 Å². The van der Waals surface area contributed by atoms with Gasteiger partial charge in [0.1, 0.15) is 35.5 Å². The van der Waals surface area contributed by atoms with Gasteiger partial charge in [0.25, 0.3) is 0 Å². The molecule has 2 aromatic heterocycles. The molecule has 6 heteroatoms. The van der Waals surface area contributed by atoms with Crippen LogP contribution >= 0.6 is 0 Å². The molecule has 10 aromatic rings. The second-order valence-corrected chi connectivity index (χ2v) is 20.6. The highest BCUT2D eigenvalue weighted by Gasteiger charge is 2.33. The van der Waals surface area contributed by atoms with Crippen LogP contribution in [-0.2, 0) is 18.2 Å². The van der Waals surface area contributed by atoms with Crippen LogP contribution in [0.25, 0.3) is 61.0 Å². The minimum atomic E-state index is -2.71. The Kier molecular flexibility index (Phi) is 8.75. The van der Waals surface area contributed by atoms with Gasteiger partial charge in [0.2, 0.25) is 0 Å². The lowest BCUT2D eigenvalue weighted by atomic mass is 9.82. The highest BCUT2D eigenvalue weighted by Crippen LogP contribution is 2.52. The molecule has 0 fully saturated rings. The number of ether oxygens (including phenoxy) is 2. The topological polar surface area (TPSA) is 42.8 Å². The molecule has 14 rings (SSSR count). The maximum atomic E-state index is 9.71. The van der Waals surface area contributed by atoms with Gasteiger partial charge in [0.15, 0.2) is 0 Å². The zero-order chi connectivity index (χ0) is 59.7. The SMILES string of the molecule is [2H]c1c([2H])c([2H])c2c(c1[2H])c1ccc3cc1n2-c1cc(C([2H])([2H])[2H])c(cn1)-c1ccccc1Oc1ccc(cc1)-c1cc(C([2H])([2H])C(C)C)cc(-c2cc(C(C)(C)C)cc(C([2H])([2H])C(C)C)c2)c1N1CN(c2cccc(c2)O3)c2ccccc21. The number of benzene rings is 8. The highest BCUT2D eigenvalue weighted by molar-refractivity contribution is 6.09. The Bertz CT molecular complexity index is 4300. The summed E-state index contributed by atoms with van der Waals surface area (Å²) in [5.41, 5.74) is 8.96. The lowest BCUT2D eigenvalue weighted by Crippen LogP contribution is -2.25. The summed E-state index contributed by atoms with van der Waals surface area (Å²) >= 11 is 0. The first kappa shape index (κ1) is 35.1. The van der Waals surface area contributed by atoms with Crippen molar-refractivity contribution in [2.45, 2.75) is 73.5 Å². The highest BCUT2D eigenvalue weighted by atomic mass is 16.5. The summed E-state index contributed by atoms with van der Waals surface area (Å²) < 4.78 is 116. The number of hydrogen-bond donors (Lipinski definition) is 0. The first-order valence-corrected chi connectivity index (χ1v) is 24.9. The van der Waals surface area contributed by atoms with Crippen molar-refractivity contribution in [2.24, 2.45) is 11.8 Å². The van der Waals surface area contributed by atoms with Crippen LogP contribution in [0, 0.1) is 18.7 Å². The summed E-state index contributed by atoms with van der Waals surface area (Å²) in [5, 5.41) is 0.718. The second-order valence-electron chi connectivity index (χ2n) is 20.6. The van der Waals surface area contributed by atoms with Gasteiger partial charge < -0.3 is 19.3 Å². The van der Waals surface area contributed by atoms with E-state index < -0.39 is 43.0 Å². The van der Waals surface area contributed by atoms with Gasteiger partial charge in [-0.25, -0.2) is 4.98 Å². The van der Waals surface area contributed by atoms with Gasteiger partial charge in [0.05, 0.1) is 33.6 Å². The number of para-hydroxylation sites is 4. The molecule has 4 aliphatic rings. The predicted molar refractivity (Wildman–Crippen MR) is 304 cm³/mol. The van der Waals surface area contributed by atoms with Crippen molar-refractivity contribution in [1.82, 2.24) is 9.55 Å². The predicted octanol–water partition coefficient (Wildman–Crippen LogP) is 18.3. The van der Waals surface area contributed by atoms with Crippen molar-refractivity contribution in [3.63, 3.8) is 0 Å². The molecule has 0 N–H and O–H groups in total. The molecule has 8 aromatic carbocycles. The van der Waals surface area contributed by atoms with Crippen LogP contribution in [0.3, 0.4) is 0 Å². The molecule has 0 aliphatic carbocycles. The Morgan fingerprint density at radius 2 is 1.30 bits per heavy atom. The normalized spacial score (nSPS) is 15.9. The van der Waals surface area contributed by atoms with Gasteiger partial charge in [-0.1, -0.05) is 133 Å². The molecule has 0 saturated carbocycles. The van der Waals surface area contributed by atoms with E-state index >= 15 is 0 Å². The zero-order valence-electron chi connectivity index (χ0n) is 53.0. The van der Waals surface area contributed by atoms with E-state index in [0.29, 0.717) is 62.8 Å². The molecule has 0 saturated heterocycles. The lowest BCUT2D eigenvalue weighted by Gasteiger charge is -2.29. The fourth-order valence-electron chi connectivity index (χ4n) is 10.3. The Morgan fingerprint density at radius 3 is 2.07 bits per heavy atom. The number of anilines is 4. The summed E-state index contributed by atoms with van der Waals surface area (Å²) in [6.45, 7) is 11.5. The van der Waals surface area contributed by atoms with Crippen molar-refractivity contribution in [3.8, 4) is 62.2 Å². The minimum Gasteiger partial charge on any atom is -0.457 e. The Balaban J connectivity index is 1.15. The van der Waals surface area contributed by atoms with Gasteiger partial charge in [-0.2, -0.15) is 0 Å². The minimum absolute atomic E-state index is 0.0704. The van der Waals surface area contributed by atoms with Crippen LogP contribution in [0.5, 0.6) is 23.0 Å². The maximum absolute atomic E-state index is 9.71. The third kappa shape index (κ3) is 8.59. The maximum Gasteiger partial charge on any atom is 0.137 e. The van der Waals surface area contributed by atoms with Crippen LogP contribution in [0.15, 0.2) is 182 Å². The second kappa shape index (κ2) is 18.2.